The van der Waals surface area contributed by atoms with Crippen LogP contribution in [0.3, 0.4) is 0 Å². The molecule has 0 saturated heterocycles. The van der Waals surface area contributed by atoms with Gasteiger partial charge in [0.25, 0.3) is 0 Å². The predicted molar refractivity (Wildman–Crippen MR) is 81.5 cm³/mol. The second-order valence-electron chi connectivity index (χ2n) is 5.03. The van der Waals surface area contributed by atoms with Crippen LogP contribution >= 0.6 is 23.2 Å². The molecular weight excluding hydrogens is 281 g/mol. The first-order valence-corrected chi connectivity index (χ1v) is 7.86. The van der Waals surface area contributed by atoms with Crippen LogP contribution in [0.4, 0.5) is 0 Å². The van der Waals surface area contributed by atoms with Gasteiger partial charge in [-0.3, -0.25) is 0 Å². The smallest absolute Gasteiger partial charge is 0.127 e. The SMILES string of the molecule is CCC(CCCl)CNCc1cc(Cl)cc2c1OCC2. The molecule has 4 heteroatoms. The van der Waals surface area contributed by atoms with Crippen molar-refractivity contribution < 1.29 is 4.74 Å². The average molecular weight is 302 g/mol. The molecule has 1 unspecified atom stereocenters. The molecule has 19 heavy (non-hydrogen) atoms. The van der Waals surface area contributed by atoms with Gasteiger partial charge in [0.05, 0.1) is 6.61 Å². The van der Waals surface area contributed by atoms with Crippen LogP contribution in [-0.2, 0) is 13.0 Å². The van der Waals surface area contributed by atoms with Crippen LogP contribution in [0.25, 0.3) is 0 Å². The van der Waals surface area contributed by atoms with Crippen molar-refractivity contribution in [3.63, 3.8) is 0 Å². The Morgan fingerprint density at radius 3 is 3.00 bits per heavy atom. The van der Waals surface area contributed by atoms with Crippen LogP contribution in [0.1, 0.15) is 30.9 Å². The summed E-state index contributed by atoms with van der Waals surface area (Å²) in [6.45, 7) is 4.78. The van der Waals surface area contributed by atoms with Gasteiger partial charge < -0.3 is 10.1 Å². The summed E-state index contributed by atoms with van der Waals surface area (Å²) in [5.41, 5.74) is 2.40. The van der Waals surface area contributed by atoms with Crippen molar-refractivity contribution in [2.45, 2.75) is 32.7 Å². The van der Waals surface area contributed by atoms with Gasteiger partial charge in [-0.1, -0.05) is 24.9 Å². The van der Waals surface area contributed by atoms with Gasteiger partial charge in [-0.05, 0) is 36.6 Å². The third-order valence-electron chi connectivity index (χ3n) is 3.67. The molecule has 0 aromatic heterocycles. The fraction of sp³-hybridized carbons (Fsp3) is 0.600. The number of halogens is 2. The van der Waals surface area contributed by atoms with Gasteiger partial charge in [-0.25, -0.2) is 0 Å². The molecule has 2 rings (SSSR count). The molecule has 0 aliphatic carbocycles. The number of nitrogens with one attached hydrogen (secondary N) is 1. The zero-order chi connectivity index (χ0) is 13.7. The van der Waals surface area contributed by atoms with Gasteiger partial charge in [0.1, 0.15) is 5.75 Å². The summed E-state index contributed by atoms with van der Waals surface area (Å²) >= 11 is 11.9. The molecule has 2 nitrogen and oxygen atoms in total. The Labute approximate surface area is 125 Å². The van der Waals surface area contributed by atoms with E-state index in [1.807, 2.05) is 12.1 Å². The van der Waals surface area contributed by atoms with Crippen LogP contribution in [0.15, 0.2) is 12.1 Å². The van der Waals surface area contributed by atoms with Gasteiger partial charge in [-0.15, -0.1) is 11.6 Å². The number of hydrogen-bond acceptors (Lipinski definition) is 2. The molecule has 1 N–H and O–H groups in total. The maximum absolute atomic E-state index is 6.15. The maximum Gasteiger partial charge on any atom is 0.127 e. The van der Waals surface area contributed by atoms with Gasteiger partial charge in [0.2, 0.25) is 0 Å². The van der Waals surface area contributed by atoms with Crippen molar-refractivity contribution in [3.05, 3.63) is 28.3 Å². The Kier molecular flexibility index (Phi) is 5.80. The van der Waals surface area contributed by atoms with Crippen LogP contribution in [0, 0.1) is 5.92 Å². The molecule has 0 radical (unpaired) electrons. The molecular formula is C15H21Cl2NO. The third-order valence-corrected chi connectivity index (χ3v) is 4.10. The van der Waals surface area contributed by atoms with E-state index < -0.39 is 0 Å². The largest absolute Gasteiger partial charge is 0.493 e. The zero-order valence-corrected chi connectivity index (χ0v) is 12.9. The number of rotatable bonds is 7. The minimum Gasteiger partial charge on any atom is -0.493 e. The summed E-state index contributed by atoms with van der Waals surface area (Å²) in [5, 5.41) is 4.30. The molecule has 1 aliphatic heterocycles. The highest BCUT2D eigenvalue weighted by Crippen LogP contribution is 2.32. The number of benzene rings is 1. The van der Waals surface area contributed by atoms with Gasteiger partial charge in [0.15, 0.2) is 0 Å². The lowest BCUT2D eigenvalue weighted by Gasteiger charge is -2.15. The first-order valence-electron chi connectivity index (χ1n) is 6.95. The quantitative estimate of drug-likeness (QED) is 0.768. The lowest BCUT2D eigenvalue weighted by atomic mass is 10.0. The fourth-order valence-corrected chi connectivity index (χ4v) is 3.07. The van der Waals surface area contributed by atoms with Gasteiger partial charge in [0, 0.05) is 29.4 Å². The third kappa shape index (κ3) is 4.01. The lowest BCUT2D eigenvalue weighted by Crippen LogP contribution is -2.22. The lowest BCUT2D eigenvalue weighted by molar-refractivity contribution is 0.351. The van der Waals surface area contributed by atoms with E-state index in [-0.39, 0.29) is 0 Å². The summed E-state index contributed by atoms with van der Waals surface area (Å²) < 4.78 is 5.70. The number of hydrogen-bond donors (Lipinski definition) is 1. The van der Waals surface area contributed by atoms with Crippen molar-refractivity contribution in [2.24, 2.45) is 5.92 Å². The van der Waals surface area contributed by atoms with Crippen molar-refractivity contribution >= 4 is 23.2 Å². The fourth-order valence-electron chi connectivity index (χ4n) is 2.49. The summed E-state index contributed by atoms with van der Waals surface area (Å²) in [4.78, 5) is 0. The maximum atomic E-state index is 6.15. The van der Waals surface area contributed by atoms with E-state index in [0.29, 0.717) is 5.92 Å². The van der Waals surface area contributed by atoms with E-state index >= 15 is 0 Å². The van der Waals surface area contributed by atoms with E-state index in [9.17, 15) is 0 Å². The first-order chi connectivity index (χ1) is 9.24. The van der Waals surface area contributed by atoms with Crippen molar-refractivity contribution in [2.75, 3.05) is 19.0 Å². The predicted octanol–water partition coefficient (Wildman–Crippen LogP) is 4.02. The van der Waals surface area contributed by atoms with Gasteiger partial charge in [-0.2, -0.15) is 0 Å². The van der Waals surface area contributed by atoms with Crippen LogP contribution < -0.4 is 10.1 Å². The first kappa shape index (κ1) is 15.0. The molecule has 1 heterocycles. The Morgan fingerprint density at radius 2 is 2.26 bits per heavy atom. The summed E-state index contributed by atoms with van der Waals surface area (Å²) in [7, 11) is 0. The minimum absolute atomic E-state index is 0.644. The molecule has 1 aromatic rings. The highest BCUT2D eigenvalue weighted by atomic mass is 35.5. The van der Waals surface area contributed by atoms with E-state index in [4.69, 9.17) is 27.9 Å². The van der Waals surface area contributed by atoms with Crippen molar-refractivity contribution in [1.29, 1.82) is 0 Å². The highest BCUT2D eigenvalue weighted by molar-refractivity contribution is 6.30. The van der Waals surface area contributed by atoms with Crippen molar-refractivity contribution in [3.8, 4) is 5.75 Å². The molecule has 0 amide bonds. The zero-order valence-electron chi connectivity index (χ0n) is 11.3. The Balaban J connectivity index is 1.93. The monoisotopic (exact) mass is 301 g/mol. The minimum atomic E-state index is 0.644. The van der Waals surface area contributed by atoms with Crippen LogP contribution in [0.2, 0.25) is 5.02 Å². The molecule has 0 fully saturated rings. The van der Waals surface area contributed by atoms with Gasteiger partial charge >= 0.3 is 0 Å². The van der Waals surface area contributed by atoms with E-state index in [0.717, 1.165) is 55.6 Å². The Bertz CT molecular complexity index is 423. The molecule has 1 aromatic carbocycles. The van der Waals surface area contributed by atoms with E-state index in [2.05, 4.69) is 12.2 Å². The second-order valence-corrected chi connectivity index (χ2v) is 5.85. The summed E-state index contributed by atoms with van der Waals surface area (Å²) in [6.07, 6.45) is 3.19. The second kappa shape index (κ2) is 7.37. The summed E-state index contributed by atoms with van der Waals surface area (Å²) in [5.74, 6) is 2.41. The Morgan fingerprint density at radius 1 is 1.42 bits per heavy atom. The number of alkyl halides is 1. The Hall–Kier alpha value is -0.440. The molecule has 0 bridgehead atoms. The van der Waals surface area contributed by atoms with E-state index in [1.165, 1.54) is 11.1 Å². The van der Waals surface area contributed by atoms with Crippen molar-refractivity contribution in [1.82, 2.24) is 5.32 Å². The topological polar surface area (TPSA) is 21.3 Å². The highest BCUT2D eigenvalue weighted by Gasteiger charge is 2.17. The van der Waals surface area contributed by atoms with E-state index in [1.54, 1.807) is 0 Å². The number of ether oxygens (including phenoxy) is 1. The molecule has 1 atom stereocenters. The van der Waals surface area contributed by atoms with Crippen LogP contribution in [-0.4, -0.2) is 19.0 Å². The molecule has 106 valence electrons. The molecule has 1 aliphatic rings. The standard InChI is InChI=1S/C15H21Cl2NO/c1-2-11(3-5-16)9-18-10-13-8-14(17)7-12-4-6-19-15(12)13/h7-8,11,18H,2-6,9-10H2,1H3. The summed E-state index contributed by atoms with van der Waals surface area (Å²) in [6, 6.07) is 4.01. The molecule has 0 saturated carbocycles. The number of fused-ring (bicyclic) bond motifs is 1. The van der Waals surface area contributed by atoms with Crippen LogP contribution in [0.5, 0.6) is 5.75 Å². The molecule has 0 spiro atoms. The average Bonchev–Trinajstić information content (AvgIpc) is 2.85. The normalized spacial score (nSPS) is 15.1.